The van der Waals surface area contributed by atoms with Crippen LogP contribution in [0.25, 0.3) is 0 Å². The zero-order valence-corrected chi connectivity index (χ0v) is 12.2. The molecule has 1 heterocycles. The van der Waals surface area contributed by atoms with E-state index < -0.39 is 17.3 Å². The molecule has 1 aromatic heterocycles. The normalized spacial score (nSPS) is 13.8. The van der Waals surface area contributed by atoms with E-state index in [0.29, 0.717) is 6.54 Å². The van der Waals surface area contributed by atoms with Crippen LogP contribution in [0.3, 0.4) is 0 Å². The summed E-state index contributed by atoms with van der Waals surface area (Å²) in [6, 6.07) is 10.1. The van der Waals surface area contributed by atoms with E-state index in [1.165, 1.54) is 13.2 Å². The third-order valence-corrected chi connectivity index (χ3v) is 4.08. The molecule has 0 saturated carbocycles. The van der Waals surface area contributed by atoms with Gasteiger partial charge < -0.3 is 4.74 Å². The smallest absolute Gasteiger partial charge is 0.330 e. The van der Waals surface area contributed by atoms with E-state index in [1.807, 2.05) is 17.5 Å². The van der Waals surface area contributed by atoms with Crippen molar-refractivity contribution in [2.24, 2.45) is 0 Å². The first-order valence-electron chi connectivity index (χ1n) is 6.19. The van der Waals surface area contributed by atoms with Gasteiger partial charge in [0.15, 0.2) is 0 Å². The van der Waals surface area contributed by atoms with Crippen molar-refractivity contribution in [3.05, 3.63) is 58.0 Å². The first kappa shape index (κ1) is 14.7. The molecule has 0 saturated heterocycles. The van der Waals surface area contributed by atoms with Gasteiger partial charge in [-0.05, 0) is 24.4 Å². The number of thiophene rings is 1. The fraction of sp³-hybridized carbons (Fsp3) is 0.267. The largest absolute Gasteiger partial charge is 0.467 e. The molecule has 106 valence electrons. The minimum atomic E-state index is -1.22. The van der Waals surface area contributed by atoms with Gasteiger partial charge >= 0.3 is 5.97 Å². The summed E-state index contributed by atoms with van der Waals surface area (Å²) in [5, 5.41) is 5.06. The summed E-state index contributed by atoms with van der Waals surface area (Å²) in [5.74, 6) is -0.946. The Morgan fingerprint density at radius 2 is 2.10 bits per heavy atom. The molecular weight excluding hydrogens is 277 g/mol. The number of benzene rings is 1. The zero-order chi connectivity index (χ0) is 14.6. The van der Waals surface area contributed by atoms with Gasteiger partial charge in [-0.2, -0.15) is 0 Å². The van der Waals surface area contributed by atoms with Crippen molar-refractivity contribution in [3.8, 4) is 0 Å². The molecule has 0 aliphatic rings. The Bertz CT molecular complexity index is 585. The van der Waals surface area contributed by atoms with Crippen molar-refractivity contribution < 1.29 is 13.9 Å². The maximum absolute atomic E-state index is 14.0. The first-order chi connectivity index (χ1) is 9.58. The minimum absolute atomic E-state index is 0.281. The van der Waals surface area contributed by atoms with E-state index in [-0.39, 0.29) is 5.56 Å². The number of hydrogen-bond donors (Lipinski definition) is 1. The van der Waals surface area contributed by atoms with Crippen molar-refractivity contribution in [2.45, 2.75) is 19.0 Å². The lowest BCUT2D eigenvalue weighted by atomic mass is 9.91. The second-order valence-electron chi connectivity index (χ2n) is 4.53. The van der Waals surface area contributed by atoms with Crippen LogP contribution in [0.5, 0.6) is 0 Å². The maximum atomic E-state index is 14.0. The van der Waals surface area contributed by atoms with Crippen LogP contribution in [-0.4, -0.2) is 13.1 Å². The van der Waals surface area contributed by atoms with E-state index in [2.05, 4.69) is 5.32 Å². The second-order valence-corrected chi connectivity index (χ2v) is 5.56. The highest BCUT2D eigenvalue weighted by Gasteiger charge is 2.38. The van der Waals surface area contributed by atoms with E-state index in [4.69, 9.17) is 4.74 Å². The Morgan fingerprint density at radius 1 is 1.35 bits per heavy atom. The number of halogens is 1. The highest BCUT2D eigenvalue weighted by Crippen LogP contribution is 2.26. The molecule has 0 aliphatic heterocycles. The minimum Gasteiger partial charge on any atom is -0.467 e. The van der Waals surface area contributed by atoms with Gasteiger partial charge in [0.2, 0.25) is 0 Å². The van der Waals surface area contributed by atoms with Crippen molar-refractivity contribution in [3.63, 3.8) is 0 Å². The summed E-state index contributed by atoms with van der Waals surface area (Å²) in [5.41, 5.74) is -0.937. The quantitative estimate of drug-likeness (QED) is 0.861. The molecule has 1 N–H and O–H groups in total. The molecule has 0 radical (unpaired) electrons. The monoisotopic (exact) mass is 293 g/mol. The van der Waals surface area contributed by atoms with Gasteiger partial charge in [-0.3, -0.25) is 5.32 Å². The number of methoxy groups -OCH3 is 1. The Morgan fingerprint density at radius 3 is 2.70 bits per heavy atom. The van der Waals surface area contributed by atoms with E-state index in [1.54, 1.807) is 36.5 Å². The highest BCUT2D eigenvalue weighted by molar-refractivity contribution is 7.09. The molecule has 0 bridgehead atoms. The Hall–Kier alpha value is -1.72. The van der Waals surface area contributed by atoms with Gasteiger partial charge in [0.05, 0.1) is 7.11 Å². The Labute approximate surface area is 121 Å². The van der Waals surface area contributed by atoms with Crippen LogP contribution in [0, 0.1) is 5.82 Å². The van der Waals surface area contributed by atoms with Crippen LogP contribution in [0.1, 0.15) is 17.4 Å². The molecule has 3 nitrogen and oxygen atoms in total. The average Bonchev–Trinajstić information content (AvgIpc) is 2.97. The van der Waals surface area contributed by atoms with Crippen molar-refractivity contribution in [1.29, 1.82) is 0 Å². The number of rotatable bonds is 5. The van der Waals surface area contributed by atoms with E-state index in [0.717, 1.165) is 4.88 Å². The molecular formula is C15H16FNO2S. The number of carbonyl (C=O) groups is 1. The predicted molar refractivity (Wildman–Crippen MR) is 76.9 cm³/mol. The number of carbonyl (C=O) groups excluding carboxylic acids is 1. The number of ether oxygens (including phenoxy) is 1. The molecule has 0 spiro atoms. The third-order valence-electron chi connectivity index (χ3n) is 3.20. The Kier molecular flexibility index (Phi) is 4.52. The van der Waals surface area contributed by atoms with Gasteiger partial charge in [-0.15, -0.1) is 11.3 Å². The number of hydrogen-bond acceptors (Lipinski definition) is 4. The molecule has 5 heteroatoms. The van der Waals surface area contributed by atoms with Crippen LogP contribution in [0.15, 0.2) is 41.8 Å². The van der Waals surface area contributed by atoms with Crippen LogP contribution in [0.4, 0.5) is 4.39 Å². The van der Waals surface area contributed by atoms with Crippen molar-refractivity contribution in [1.82, 2.24) is 5.32 Å². The maximum Gasteiger partial charge on any atom is 0.330 e. The topological polar surface area (TPSA) is 38.3 Å². The predicted octanol–water partition coefficient (Wildman–Crippen LogP) is 3.07. The lowest BCUT2D eigenvalue weighted by Crippen LogP contribution is -2.47. The summed E-state index contributed by atoms with van der Waals surface area (Å²) < 4.78 is 18.8. The zero-order valence-electron chi connectivity index (χ0n) is 11.4. The molecule has 2 rings (SSSR count). The summed E-state index contributed by atoms with van der Waals surface area (Å²) >= 11 is 1.57. The van der Waals surface area contributed by atoms with Gasteiger partial charge in [-0.1, -0.05) is 24.3 Å². The SMILES string of the molecule is COC(=O)C(C)(NCc1cccs1)c1ccccc1F. The fourth-order valence-electron chi connectivity index (χ4n) is 2.03. The summed E-state index contributed by atoms with van der Waals surface area (Å²) in [4.78, 5) is 13.2. The molecule has 0 amide bonds. The molecule has 0 aliphatic carbocycles. The lowest BCUT2D eigenvalue weighted by molar-refractivity contribution is -0.148. The second kappa shape index (κ2) is 6.15. The van der Waals surface area contributed by atoms with E-state index in [9.17, 15) is 9.18 Å². The van der Waals surface area contributed by atoms with Gasteiger partial charge in [0.1, 0.15) is 11.4 Å². The fourth-order valence-corrected chi connectivity index (χ4v) is 2.67. The Balaban J connectivity index is 2.30. The number of esters is 1. The molecule has 2 aromatic rings. The van der Waals surface area contributed by atoms with Crippen molar-refractivity contribution in [2.75, 3.05) is 7.11 Å². The lowest BCUT2D eigenvalue weighted by Gasteiger charge is -2.28. The summed E-state index contributed by atoms with van der Waals surface area (Å²) in [6.07, 6.45) is 0. The summed E-state index contributed by atoms with van der Waals surface area (Å²) in [6.45, 7) is 2.10. The van der Waals surface area contributed by atoms with Crippen LogP contribution in [0.2, 0.25) is 0 Å². The van der Waals surface area contributed by atoms with Gasteiger partial charge in [-0.25, -0.2) is 9.18 Å². The van der Waals surface area contributed by atoms with Crippen LogP contribution < -0.4 is 5.32 Å². The summed E-state index contributed by atoms with van der Waals surface area (Å²) in [7, 11) is 1.30. The number of nitrogens with one attached hydrogen (secondary N) is 1. The van der Waals surface area contributed by atoms with Crippen LogP contribution in [-0.2, 0) is 21.6 Å². The molecule has 1 unspecified atom stereocenters. The third kappa shape index (κ3) is 2.89. The van der Waals surface area contributed by atoms with Crippen molar-refractivity contribution >= 4 is 17.3 Å². The molecule has 20 heavy (non-hydrogen) atoms. The van der Waals surface area contributed by atoms with Crippen LogP contribution >= 0.6 is 11.3 Å². The molecule has 1 aromatic carbocycles. The van der Waals surface area contributed by atoms with E-state index >= 15 is 0 Å². The standard InChI is InChI=1S/C15H16FNO2S/c1-15(14(18)19-2,12-7-3-4-8-13(12)16)17-10-11-6-5-9-20-11/h3-9,17H,10H2,1-2H3. The first-order valence-corrected chi connectivity index (χ1v) is 7.06. The van der Waals surface area contributed by atoms with Gasteiger partial charge in [0.25, 0.3) is 0 Å². The molecule has 0 fully saturated rings. The highest BCUT2D eigenvalue weighted by atomic mass is 32.1. The van der Waals surface area contributed by atoms with Gasteiger partial charge in [0, 0.05) is 17.0 Å². The molecule has 1 atom stereocenters. The average molecular weight is 293 g/mol.